The van der Waals surface area contributed by atoms with Crippen molar-refractivity contribution < 1.29 is 9.13 Å². The third-order valence-electron chi connectivity index (χ3n) is 3.72. The maximum absolute atomic E-state index is 13.8. The molecule has 1 aromatic rings. The van der Waals surface area contributed by atoms with Gasteiger partial charge in [-0.15, -0.1) is 0 Å². The topological polar surface area (TPSA) is 38.5 Å². The second-order valence-electron chi connectivity index (χ2n) is 5.59. The quantitative estimate of drug-likeness (QED) is 0.894. The standard InChI is InChI=1S/C15H23FN2O/c1-9-5-15(13(12(4)17)6-14(9)16)18-7-11(3)19-8-10(18)2/h5-6,10-12H,7-8,17H2,1-4H3. The third-order valence-corrected chi connectivity index (χ3v) is 3.72. The summed E-state index contributed by atoms with van der Waals surface area (Å²) < 4.78 is 19.4. The summed E-state index contributed by atoms with van der Waals surface area (Å²) in [6.07, 6.45) is 0.183. The molecule has 0 aromatic heterocycles. The molecular formula is C15H23FN2O. The van der Waals surface area contributed by atoms with Gasteiger partial charge in [-0.2, -0.15) is 0 Å². The van der Waals surface area contributed by atoms with Crippen molar-refractivity contribution in [3.05, 3.63) is 29.1 Å². The number of hydrogen-bond donors (Lipinski definition) is 1. The van der Waals surface area contributed by atoms with Crippen LogP contribution in [0.25, 0.3) is 0 Å². The molecular weight excluding hydrogens is 243 g/mol. The minimum Gasteiger partial charge on any atom is -0.375 e. The lowest BCUT2D eigenvalue weighted by Crippen LogP contribution is -2.48. The van der Waals surface area contributed by atoms with Gasteiger partial charge in [0, 0.05) is 24.3 Å². The zero-order chi connectivity index (χ0) is 14.2. The maximum atomic E-state index is 13.8. The van der Waals surface area contributed by atoms with Gasteiger partial charge < -0.3 is 15.4 Å². The monoisotopic (exact) mass is 266 g/mol. The minimum absolute atomic E-state index is 0.183. The summed E-state index contributed by atoms with van der Waals surface area (Å²) in [4.78, 5) is 2.28. The van der Waals surface area contributed by atoms with Crippen LogP contribution in [-0.2, 0) is 4.74 Å². The molecule has 2 N–H and O–H groups in total. The highest BCUT2D eigenvalue weighted by molar-refractivity contribution is 5.58. The lowest BCUT2D eigenvalue weighted by Gasteiger charge is -2.40. The molecule has 1 heterocycles. The van der Waals surface area contributed by atoms with Crippen molar-refractivity contribution in [2.24, 2.45) is 5.73 Å². The van der Waals surface area contributed by atoms with Crippen molar-refractivity contribution in [1.82, 2.24) is 0 Å². The number of benzene rings is 1. The first kappa shape index (κ1) is 14.3. The SMILES string of the molecule is Cc1cc(N2CC(C)OCC2C)c(C(C)N)cc1F. The molecule has 0 radical (unpaired) electrons. The fourth-order valence-corrected chi connectivity index (χ4v) is 2.53. The Hall–Kier alpha value is -1.13. The normalized spacial score (nSPS) is 25.5. The summed E-state index contributed by atoms with van der Waals surface area (Å²) in [5.74, 6) is -0.190. The molecule has 0 bridgehead atoms. The number of halogens is 1. The van der Waals surface area contributed by atoms with Crippen molar-refractivity contribution in [1.29, 1.82) is 0 Å². The molecule has 1 aliphatic heterocycles. The predicted octanol–water partition coefficient (Wildman–Crippen LogP) is 2.77. The molecule has 1 fully saturated rings. The maximum Gasteiger partial charge on any atom is 0.126 e. The number of aryl methyl sites for hydroxylation is 1. The number of nitrogens with two attached hydrogens (primary N) is 1. The number of nitrogens with zero attached hydrogens (tertiary/aromatic N) is 1. The van der Waals surface area contributed by atoms with Gasteiger partial charge in [-0.1, -0.05) is 0 Å². The smallest absolute Gasteiger partial charge is 0.126 e. The van der Waals surface area contributed by atoms with Crippen LogP contribution < -0.4 is 10.6 Å². The van der Waals surface area contributed by atoms with Crippen molar-refractivity contribution in [2.75, 3.05) is 18.1 Å². The van der Waals surface area contributed by atoms with Gasteiger partial charge in [-0.05, 0) is 51.0 Å². The first-order valence-electron chi connectivity index (χ1n) is 6.84. The molecule has 3 unspecified atom stereocenters. The molecule has 3 nitrogen and oxygen atoms in total. The molecule has 0 spiro atoms. The van der Waals surface area contributed by atoms with E-state index < -0.39 is 0 Å². The van der Waals surface area contributed by atoms with E-state index in [0.717, 1.165) is 17.8 Å². The third kappa shape index (κ3) is 2.90. The summed E-state index contributed by atoms with van der Waals surface area (Å²) in [6.45, 7) is 9.36. The van der Waals surface area contributed by atoms with Gasteiger partial charge in [-0.3, -0.25) is 0 Å². The van der Waals surface area contributed by atoms with Crippen LogP contribution in [0.1, 0.15) is 37.9 Å². The van der Waals surface area contributed by atoms with Gasteiger partial charge in [-0.25, -0.2) is 4.39 Å². The summed E-state index contributed by atoms with van der Waals surface area (Å²) in [5.41, 5.74) is 8.56. The van der Waals surface area contributed by atoms with E-state index in [1.165, 1.54) is 0 Å². The van der Waals surface area contributed by atoms with Crippen molar-refractivity contribution in [3.8, 4) is 0 Å². The molecule has 0 saturated carbocycles. The fraction of sp³-hybridized carbons (Fsp3) is 0.600. The molecule has 19 heavy (non-hydrogen) atoms. The van der Waals surface area contributed by atoms with E-state index in [9.17, 15) is 4.39 Å². The van der Waals surface area contributed by atoms with Crippen LogP contribution in [0.15, 0.2) is 12.1 Å². The van der Waals surface area contributed by atoms with E-state index in [0.29, 0.717) is 12.2 Å². The van der Waals surface area contributed by atoms with Crippen LogP contribution in [-0.4, -0.2) is 25.3 Å². The Balaban J connectivity index is 2.44. The first-order valence-corrected chi connectivity index (χ1v) is 6.84. The number of anilines is 1. The number of morpholine rings is 1. The minimum atomic E-state index is -0.190. The molecule has 3 atom stereocenters. The lowest BCUT2D eigenvalue weighted by atomic mass is 10.0. The van der Waals surface area contributed by atoms with Crippen molar-refractivity contribution >= 4 is 5.69 Å². The Morgan fingerprint density at radius 2 is 2.11 bits per heavy atom. The molecule has 0 amide bonds. The summed E-state index contributed by atoms with van der Waals surface area (Å²) >= 11 is 0. The number of rotatable bonds is 2. The summed E-state index contributed by atoms with van der Waals surface area (Å²) in [7, 11) is 0. The molecule has 0 aliphatic carbocycles. The average Bonchev–Trinajstić information content (AvgIpc) is 2.35. The average molecular weight is 266 g/mol. The Bertz CT molecular complexity index is 462. The molecule has 1 saturated heterocycles. The zero-order valence-corrected chi connectivity index (χ0v) is 12.1. The van der Waals surface area contributed by atoms with E-state index in [2.05, 4.69) is 18.7 Å². The Morgan fingerprint density at radius 3 is 2.74 bits per heavy atom. The summed E-state index contributed by atoms with van der Waals surface area (Å²) in [5, 5.41) is 0. The van der Waals surface area contributed by atoms with E-state index in [4.69, 9.17) is 10.5 Å². The van der Waals surface area contributed by atoms with Crippen LogP contribution in [0.5, 0.6) is 0 Å². The van der Waals surface area contributed by atoms with Crippen LogP contribution >= 0.6 is 0 Å². The van der Waals surface area contributed by atoms with Crippen LogP contribution in [0.3, 0.4) is 0 Å². The Morgan fingerprint density at radius 1 is 1.42 bits per heavy atom. The molecule has 2 rings (SSSR count). The highest BCUT2D eigenvalue weighted by atomic mass is 19.1. The van der Waals surface area contributed by atoms with Crippen molar-refractivity contribution in [3.63, 3.8) is 0 Å². The second kappa shape index (κ2) is 5.47. The molecule has 4 heteroatoms. The van der Waals surface area contributed by atoms with E-state index in [-0.39, 0.29) is 24.0 Å². The Kier molecular flexibility index (Phi) is 4.11. The van der Waals surface area contributed by atoms with Gasteiger partial charge >= 0.3 is 0 Å². The van der Waals surface area contributed by atoms with Crippen molar-refractivity contribution in [2.45, 2.75) is 45.9 Å². The van der Waals surface area contributed by atoms with Crippen LogP contribution in [0.4, 0.5) is 10.1 Å². The highest BCUT2D eigenvalue weighted by Gasteiger charge is 2.26. The van der Waals surface area contributed by atoms with E-state index in [1.807, 2.05) is 13.0 Å². The van der Waals surface area contributed by atoms with E-state index in [1.54, 1.807) is 13.0 Å². The van der Waals surface area contributed by atoms with Crippen LogP contribution in [0.2, 0.25) is 0 Å². The van der Waals surface area contributed by atoms with Gasteiger partial charge in [0.25, 0.3) is 0 Å². The number of ether oxygens (including phenoxy) is 1. The molecule has 1 aromatic carbocycles. The molecule has 106 valence electrons. The molecule has 1 aliphatic rings. The second-order valence-corrected chi connectivity index (χ2v) is 5.59. The van der Waals surface area contributed by atoms with Gasteiger partial charge in [0.15, 0.2) is 0 Å². The van der Waals surface area contributed by atoms with Gasteiger partial charge in [0.1, 0.15) is 5.82 Å². The fourth-order valence-electron chi connectivity index (χ4n) is 2.53. The Labute approximate surface area is 114 Å². The van der Waals surface area contributed by atoms with Crippen LogP contribution in [0, 0.1) is 12.7 Å². The largest absolute Gasteiger partial charge is 0.375 e. The van der Waals surface area contributed by atoms with Gasteiger partial charge in [0.05, 0.1) is 12.7 Å². The zero-order valence-electron chi connectivity index (χ0n) is 12.1. The van der Waals surface area contributed by atoms with E-state index >= 15 is 0 Å². The first-order chi connectivity index (χ1) is 8.90. The number of hydrogen-bond acceptors (Lipinski definition) is 3. The predicted molar refractivity (Wildman–Crippen MR) is 76.0 cm³/mol. The van der Waals surface area contributed by atoms with Gasteiger partial charge in [0.2, 0.25) is 0 Å². The summed E-state index contributed by atoms with van der Waals surface area (Å²) in [6, 6.07) is 3.57. The highest BCUT2D eigenvalue weighted by Crippen LogP contribution is 2.31. The lowest BCUT2D eigenvalue weighted by molar-refractivity contribution is 0.0343.